The number of pyridine rings is 1. The molecule has 0 radical (unpaired) electrons. The van der Waals surface area contributed by atoms with Crippen LogP contribution in [0, 0.1) is 0 Å². The van der Waals surface area contributed by atoms with Gasteiger partial charge < -0.3 is 9.47 Å². The molecule has 0 aliphatic carbocycles. The van der Waals surface area contributed by atoms with Gasteiger partial charge in [-0.25, -0.2) is 4.98 Å². The zero-order valence-corrected chi connectivity index (χ0v) is 16.8. The first kappa shape index (κ1) is 21.1. The van der Waals surface area contributed by atoms with Crippen LogP contribution in [0.2, 0.25) is 0 Å². The van der Waals surface area contributed by atoms with Crippen molar-refractivity contribution in [2.75, 3.05) is 19.5 Å². The normalized spacial score (nSPS) is 11.4. The van der Waals surface area contributed by atoms with E-state index < -0.39 is 23.9 Å². The average molecular weight is 443 g/mol. The standard InChI is InChI=1S/C21H16F3N5O3/c1-31-16-8-7-11(9-17(16)32-2)15-10-13(12-5-3-4-6-14(12)25-15)18(30)26-20-27-19(28-29-20)21(22,23)24/h3-10H,1-2H3,(H2,26,27,28,29,30). The van der Waals surface area contributed by atoms with Crippen LogP contribution in [0.5, 0.6) is 11.5 Å². The monoisotopic (exact) mass is 443 g/mol. The number of carbonyl (C=O) groups excluding carboxylic acids is 1. The number of hydrogen-bond acceptors (Lipinski definition) is 6. The molecule has 2 heterocycles. The van der Waals surface area contributed by atoms with E-state index in [0.29, 0.717) is 33.7 Å². The molecule has 4 rings (SSSR count). The number of nitrogens with one attached hydrogen (secondary N) is 2. The van der Waals surface area contributed by atoms with E-state index in [1.807, 2.05) is 0 Å². The molecule has 32 heavy (non-hydrogen) atoms. The number of halogens is 3. The zero-order chi connectivity index (χ0) is 22.9. The zero-order valence-electron chi connectivity index (χ0n) is 16.8. The largest absolute Gasteiger partial charge is 0.493 e. The molecule has 1 amide bonds. The van der Waals surface area contributed by atoms with Crippen molar-refractivity contribution >= 4 is 22.8 Å². The average Bonchev–Trinajstić information content (AvgIpc) is 3.27. The van der Waals surface area contributed by atoms with Gasteiger partial charge in [0.25, 0.3) is 5.91 Å². The number of benzene rings is 2. The van der Waals surface area contributed by atoms with E-state index >= 15 is 0 Å². The fourth-order valence-corrected chi connectivity index (χ4v) is 3.12. The lowest BCUT2D eigenvalue weighted by atomic mass is 10.0. The molecule has 2 aromatic carbocycles. The number of rotatable bonds is 5. The van der Waals surface area contributed by atoms with Crippen molar-refractivity contribution in [3.63, 3.8) is 0 Å². The lowest BCUT2D eigenvalue weighted by molar-refractivity contribution is -0.144. The summed E-state index contributed by atoms with van der Waals surface area (Å²) in [5, 5.41) is 7.99. The number of aromatic nitrogens is 4. The number of H-pyrrole nitrogens is 1. The minimum absolute atomic E-state index is 0.193. The van der Waals surface area contributed by atoms with Crippen LogP contribution in [0.25, 0.3) is 22.2 Å². The van der Waals surface area contributed by atoms with Crippen LogP contribution in [0.1, 0.15) is 16.2 Å². The number of hydrogen-bond donors (Lipinski definition) is 2. The van der Waals surface area contributed by atoms with Crippen molar-refractivity contribution in [3.05, 3.63) is 59.9 Å². The van der Waals surface area contributed by atoms with Crippen LogP contribution in [-0.2, 0) is 6.18 Å². The number of para-hydroxylation sites is 1. The summed E-state index contributed by atoms with van der Waals surface area (Å²) in [4.78, 5) is 20.8. The lowest BCUT2D eigenvalue weighted by Crippen LogP contribution is -2.14. The second kappa shape index (κ2) is 8.17. The Balaban J connectivity index is 1.76. The molecule has 0 bridgehead atoms. The second-order valence-corrected chi connectivity index (χ2v) is 6.60. The molecule has 0 spiro atoms. The van der Waals surface area contributed by atoms with E-state index in [9.17, 15) is 18.0 Å². The Hall–Kier alpha value is -4.15. The maximum Gasteiger partial charge on any atom is 0.451 e. The minimum Gasteiger partial charge on any atom is -0.493 e. The van der Waals surface area contributed by atoms with Gasteiger partial charge in [-0.15, -0.1) is 5.10 Å². The Bertz CT molecular complexity index is 1300. The summed E-state index contributed by atoms with van der Waals surface area (Å²) in [6, 6.07) is 13.6. The highest BCUT2D eigenvalue weighted by Gasteiger charge is 2.35. The van der Waals surface area contributed by atoms with Crippen LogP contribution in [0.4, 0.5) is 19.1 Å². The fourth-order valence-electron chi connectivity index (χ4n) is 3.12. The topological polar surface area (TPSA) is 102 Å². The van der Waals surface area contributed by atoms with Crippen LogP contribution < -0.4 is 14.8 Å². The Labute approximate surface area is 179 Å². The molecule has 0 unspecified atom stereocenters. The predicted octanol–water partition coefficient (Wildman–Crippen LogP) is 4.31. The highest BCUT2D eigenvalue weighted by molar-refractivity contribution is 6.12. The van der Waals surface area contributed by atoms with E-state index in [1.54, 1.807) is 47.6 Å². The maximum absolute atomic E-state index is 12.9. The Morgan fingerprint density at radius 2 is 1.75 bits per heavy atom. The first-order valence-electron chi connectivity index (χ1n) is 9.23. The molecule has 2 aromatic heterocycles. The van der Waals surface area contributed by atoms with Crippen molar-refractivity contribution in [2.45, 2.75) is 6.18 Å². The number of fused-ring (bicyclic) bond motifs is 1. The van der Waals surface area contributed by atoms with Crippen LogP contribution in [-0.4, -0.2) is 40.3 Å². The van der Waals surface area contributed by atoms with E-state index in [4.69, 9.17) is 9.47 Å². The van der Waals surface area contributed by atoms with Gasteiger partial charge in [0.2, 0.25) is 11.8 Å². The van der Waals surface area contributed by atoms with Crippen molar-refractivity contribution in [1.29, 1.82) is 0 Å². The Morgan fingerprint density at radius 1 is 1.00 bits per heavy atom. The van der Waals surface area contributed by atoms with Gasteiger partial charge in [-0.3, -0.25) is 15.2 Å². The lowest BCUT2D eigenvalue weighted by Gasteiger charge is -2.12. The molecule has 8 nitrogen and oxygen atoms in total. The van der Waals surface area contributed by atoms with Gasteiger partial charge in [-0.1, -0.05) is 18.2 Å². The fraction of sp³-hybridized carbons (Fsp3) is 0.143. The number of methoxy groups -OCH3 is 2. The maximum atomic E-state index is 12.9. The van der Waals surface area contributed by atoms with Gasteiger partial charge in [-0.2, -0.15) is 18.2 Å². The molecular formula is C21H16F3N5O3. The third-order valence-electron chi connectivity index (χ3n) is 4.62. The number of nitrogens with zero attached hydrogens (tertiary/aromatic N) is 3. The Morgan fingerprint density at radius 3 is 2.44 bits per heavy atom. The van der Waals surface area contributed by atoms with E-state index in [2.05, 4.69) is 20.4 Å². The number of ether oxygens (including phenoxy) is 2. The number of alkyl halides is 3. The highest BCUT2D eigenvalue weighted by Crippen LogP contribution is 2.33. The molecule has 0 aliphatic heterocycles. The molecule has 0 saturated heterocycles. The van der Waals surface area contributed by atoms with Gasteiger partial charge in [0.1, 0.15) is 0 Å². The molecular weight excluding hydrogens is 427 g/mol. The first-order valence-corrected chi connectivity index (χ1v) is 9.23. The van der Waals surface area contributed by atoms with Gasteiger partial charge >= 0.3 is 6.18 Å². The van der Waals surface area contributed by atoms with Crippen molar-refractivity contribution in [2.24, 2.45) is 0 Å². The summed E-state index contributed by atoms with van der Waals surface area (Å²) >= 11 is 0. The van der Waals surface area contributed by atoms with Crippen molar-refractivity contribution < 1.29 is 27.4 Å². The van der Waals surface area contributed by atoms with Gasteiger partial charge in [0.15, 0.2) is 11.5 Å². The number of anilines is 1. The molecule has 0 atom stereocenters. The quantitative estimate of drug-likeness (QED) is 0.477. The van der Waals surface area contributed by atoms with Crippen LogP contribution >= 0.6 is 0 Å². The van der Waals surface area contributed by atoms with E-state index in [-0.39, 0.29) is 5.56 Å². The van der Waals surface area contributed by atoms with Gasteiger partial charge in [-0.05, 0) is 30.3 Å². The third kappa shape index (κ3) is 4.04. The van der Waals surface area contributed by atoms with Crippen molar-refractivity contribution in [1.82, 2.24) is 20.2 Å². The number of carbonyl (C=O) groups is 1. The summed E-state index contributed by atoms with van der Waals surface area (Å²) in [6.45, 7) is 0. The van der Waals surface area contributed by atoms with Gasteiger partial charge in [0.05, 0.1) is 31.0 Å². The molecule has 4 aromatic rings. The molecule has 0 saturated carbocycles. The predicted molar refractivity (Wildman–Crippen MR) is 110 cm³/mol. The van der Waals surface area contributed by atoms with Crippen LogP contribution in [0.3, 0.4) is 0 Å². The third-order valence-corrected chi connectivity index (χ3v) is 4.62. The summed E-state index contributed by atoms with van der Waals surface area (Å²) < 4.78 is 48.8. The number of aromatic amines is 1. The molecule has 0 fully saturated rings. The summed E-state index contributed by atoms with van der Waals surface area (Å²) in [6.07, 6.45) is -4.71. The smallest absolute Gasteiger partial charge is 0.451 e. The first-order chi connectivity index (χ1) is 15.3. The molecule has 164 valence electrons. The molecule has 0 aliphatic rings. The second-order valence-electron chi connectivity index (χ2n) is 6.60. The highest BCUT2D eigenvalue weighted by atomic mass is 19.4. The van der Waals surface area contributed by atoms with E-state index in [0.717, 1.165) is 0 Å². The minimum atomic E-state index is -4.71. The van der Waals surface area contributed by atoms with E-state index in [1.165, 1.54) is 20.3 Å². The molecule has 2 N–H and O–H groups in total. The molecule has 11 heteroatoms. The number of amides is 1. The summed E-state index contributed by atoms with van der Waals surface area (Å²) in [7, 11) is 3.02. The summed E-state index contributed by atoms with van der Waals surface area (Å²) in [5.41, 5.74) is 1.83. The van der Waals surface area contributed by atoms with Crippen LogP contribution in [0.15, 0.2) is 48.5 Å². The SMILES string of the molecule is COc1ccc(-c2cc(C(=O)Nc3n[nH]c(C(F)(F)F)n3)c3ccccc3n2)cc1OC. The Kier molecular flexibility index (Phi) is 5.39. The van der Waals surface area contributed by atoms with Crippen molar-refractivity contribution in [3.8, 4) is 22.8 Å². The summed E-state index contributed by atoms with van der Waals surface area (Å²) in [5.74, 6) is -1.47. The van der Waals surface area contributed by atoms with Gasteiger partial charge in [0, 0.05) is 10.9 Å².